The van der Waals surface area contributed by atoms with Crippen molar-refractivity contribution in [2.45, 2.75) is 93.9 Å². The molecule has 1 amide bonds. The Kier molecular flexibility index (Phi) is 19.9. The molecule has 0 unspecified atom stereocenters. The van der Waals surface area contributed by atoms with Gasteiger partial charge in [-0.2, -0.15) is 0 Å². The average Bonchev–Trinajstić information content (AvgIpc) is 2.72. The van der Waals surface area contributed by atoms with Gasteiger partial charge in [-0.15, -0.1) is 0 Å². The van der Waals surface area contributed by atoms with Gasteiger partial charge in [0, 0.05) is 27.4 Å². The van der Waals surface area contributed by atoms with Crippen LogP contribution in [0.2, 0.25) is 0 Å². The van der Waals surface area contributed by atoms with Gasteiger partial charge in [0.25, 0.3) is 0 Å². The van der Waals surface area contributed by atoms with Crippen LogP contribution < -0.4 is 0 Å². The smallest absolute Gasteiger partial charge is 0.302 e. The molecule has 0 spiro atoms. The minimum Gasteiger partial charge on any atom is -0.461 e. The molecule has 0 saturated carbocycles. The van der Waals surface area contributed by atoms with E-state index >= 15 is 0 Å². The normalized spacial score (nSPS) is 12.8. The highest BCUT2D eigenvalue weighted by Crippen LogP contribution is 2.10. The topological polar surface area (TPSA) is 46.6 Å². The van der Waals surface area contributed by atoms with E-state index in [1.165, 1.54) is 23.6 Å². The van der Waals surface area contributed by atoms with E-state index in [0.717, 1.165) is 50.6 Å². The van der Waals surface area contributed by atoms with Gasteiger partial charge in [0.1, 0.15) is 6.61 Å². The van der Waals surface area contributed by atoms with Crippen LogP contribution >= 0.6 is 0 Å². The van der Waals surface area contributed by atoms with Crippen LogP contribution in [0.4, 0.5) is 0 Å². The van der Waals surface area contributed by atoms with E-state index in [0.29, 0.717) is 6.61 Å². The Bertz CT molecular complexity index is 639. The van der Waals surface area contributed by atoms with Crippen LogP contribution in [-0.2, 0) is 14.3 Å². The number of carbonyl (C=O) groups is 2. The minimum atomic E-state index is -0.220. The third-order valence-electron chi connectivity index (χ3n) is 5.15. The summed E-state index contributed by atoms with van der Waals surface area (Å²) in [6.07, 6.45) is 15.3. The molecular weight excluding hydrogens is 386 g/mol. The van der Waals surface area contributed by atoms with Crippen molar-refractivity contribution in [3.8, 4) is 0 Å². The lowest BCUT2D eigenvalue weighted by molar-refractivity contribution is -0.140. The SMILES string of the molecule is C/C=C(\C)CC/C=C(\C)CCCN(C)C(C)=O.C/C=C(\C)CC/C=C(\C)COC(C)=O. The van der Waals surface area contributed by atoms with Crippen molar-refractivity contribution in [3.63, 3.8) is 0 Å². The maximum atomic E-state index is 11.0. The number of allylic oxidation sites excluding steroid dienone is 7. The molecule has 0 rings (SSSR count). The molecule has 0 aliphatic heterocycles. The van der Waals surface area contributed by atoms with E-state index in [1.807, 2.05) is 20.9 Å². The third-order valence-corrected chi connectivity index (χ3v) is 5.15. The van der Waals surface area contributed by atoms with Crippen LogP contribution in [0.25, 0.3) is 0 Å². The molecule has 0 aliphatic rings. The summed E-state index contributed by atoms with van der Waals surface area (Å²) in [5.74, 6) is -0.0716. The highest BCUT2D eigenvalue weighted by Gasteiger charge is 2.01. The molecule has 0 aromatic heterocycles. The molecule has 0 aromatic rings. The van der Waals surface area contributed by atoms with Gasteiger partial charge in [0.05, 0.1) is 0 Å². The molecular formula is C27H47NO3. The fourth-order valence-electron chi connectivity index (χ4n) is 2.51. The third kappa shape index (κ3) is 22.4. The Labute approximate surface area is 192 Å². The second-order valence-corrected chi connectivity index (χ2v) is 8.27. The Hall–Kier alpha value is -2.10. The van der Waals surface area contributed by atoms with Gasteiger partial charge in [-0.05, 0) is 85.6 Å². The zero-order valence-corrected chi connectivity index (χ0v) is 21.6. The lowest BCUT2D eigenvalue weighted by Gasteiger charge is -2.14. The number of nitrogens with zero attached hydrogens (tertiary/aromatic N) is 1. The van der Waals surface area contributed by atoms with Crippen LogP contribution in [0, 0.1) is 0 Å². The van der Waals surface area contributed by atoms with Crippen LogP contribution in [0.5, 0.6) is 0 Å². The summed E-state index contributed by atoms with van der Waals surface area (Å²) in [6, 6.07) is 0. The molecule has 0 atom stereocenters. The first-order chi connectivity index (χ1) is 14.5. The number of rotatable bonds is 12. The van der Waals surface area contributed by atoms with Gasteiger partial charge in [0.2, 0.25) is 5.91 Å². The van der Waals surface area contributed by atoms with E-state index in [2.05, 4.69) is 52.0 Å². The van der Waals surface area contributed by atoms with Crippen LogP contribution in [0.3, 0.4) is 0 Å². The predicted octanol–water partition coefficient (Wildman–Crippen LogP) is 7.18. The van der Waals surface area contributed by atoms with E-state index < -0.39 is 0 Å². The minimum absolute atomic E-state index is 0.148. The number of ether oxygens (including phenoxy) is 1. The molecule has 31 heavy (non-hydrogen) atoms. The van der Waals surface area contributed by atoms with Crippen molar-refractivity contribution < 1.29 is 14.3 Å². The fraction of sp³-hybridized carbons (Fsp3) is 0.630. The number of hydrogen-bond acceptors (Lipinski definition) is 3. The molecule has 0 aromatic carbocycles. The Morgan fingerprint density at radius 1 is 0.742 bits per heavy atom. The van der Waals surface area contributed by atoms with Gasteiger partial charge in [0.15, 0.2) is 0 Å². The highest BCUT2D eigenvalue weighted by molar-refractivity contribution is 5.72. The molecule has 0 N–H and O–H groups in total. The van der Waals surface area contributed by atoms with Crippen molar-refractivity contribution in [3.05, 3.63) is 46.6 Å². The van der Waals surface area contributed by atoms with Crippen LogP contribution in [0.15, 0.2) is 46.6 Å². The number of hydrogen-bond donors (Lipinski definition) is 0. The maximum Gasteiger partial charge on any atom is 0.302 e. The van der Waals surface area contributed by atoms with Gasteiger partial charge >= 0.3 is 5.97 Å². The molecule has 0 bridgehead atoms. The summed E-state index contributed by atoms with van der Waals surface area (Å²) in [6.45, 7) is 16.9. The summed E-state index contributed by atoms with van der Waals surface area (Å²) in [4.78, 5) is 23.3. The van der Waals surface area contributed by atoms with E-state index in [4.69, 9.17) is 4.74 Å². The van der Waals surface area contributed by atoms with Crippen molar-refractivity contribution >= 4 is 11.9 Å². The Balaban J connectivity index is 0. The van der Waals surface area contributed by atoms with Crippen LogP contribution in [0.1, 0.15) is 93.9 Å². The number of amides is 1. The summed E-state index contributed by atoms with van der Waals surface area (Å²) in [7, 11) is 1.86. The van der Waals surface area contributed by atoms with Crippen molar-refractivity contribution in [1.82, 2.24) is 4.90 Å². The molecule has 0 radical (unpaired) electrons. The van der Waals surface area contributed by atoms with E-state index in [1.54, 1.807) is 11.8 Å². The van der Waals surface area contributed by atoms with Crippen LogP contribution in [-0.4, -0.2) is 37.0 Å². The molecule has 4 heteroatoms. The molecule has 0 saturated heterocycles. The first-order valence-corrected chi connectivity index (χ1v) is 11.4. The fourth-order valence-corrected chi connectivity index (χ4v) is 2.51. The quantitative estimate of drug-likeness (QED) is 0.242. The van der Waals surface area contributed by atoms with E-state index in [-0.39, 0.29) is 11.9 Å². The maximum absolute atomic E-state index is 11.0. The lowest BCUT2D eigenvalue weighted by Crippen LogP contribution is -2.24. The predicted molar refractivity (Wildman–Crippen MR) is 134 cm³/mol. The Morgan fingerprint density at radius 2 is 1.23 bits per heavy atom. The summed E-state index contributed by atoms with van der Waals surface area (Å²) >= 11 is 0. The molecule has 0 fully saturated rings. The second kappa shape index (κ2) is 19.8. The molecule has 0 aliphatic carbocycles. The summed E-state index contributed by atoms with van der Waals surface area (Å²) < 4.78 is 4.87. The first kappa shape index (κ1) is 31.1. The molecule has 178 valence electrons. The van der Waals surface area contributed by atoms with Crippen molar-refractivity contribution in [1.29, 1.82) is 0 Å². The van der Waals surface area contributed by atoms with E-state index in [9.17, 15) is 9.59 Å². The Morgan fingerprint density at radius 3 is 1.65 bits per heavy atom. The van der Waals surface area contributed by atoms with Gasteiger partial charge in [-0.1, -0.05) is 41.0 Å². The second-order valence-electron chi connectivity index (χ2n) is 8.27. The molecule has 4 nitrogen and oxygen atoms in total. The summed E-state index contributed by atoms with van der Waals surface area (Å²) in [5, 5.41) is 0. The van der Waals surface area contributed by atoms with Crippen molar-refractivity contribution in [2.24, 2.45) is 0 Å². The number of esters is 1. The number of carbonyl (C=O) groups excluding carboxylic acids is 2. The van der Waals surface area contributed by atoms with Gasteiger partial charge in [-0.25, -0.2) is 0 Å². The standard InChI is InChI=1S/C15H27NO.C12H20O2/c1-6-13(2)9-7-10-14(3)11-8-12-16(5)15(4)17;1-5-10(2)7-6-8-11(3)9-14-12(4)13/h6,10H,7-9,11-12H2,1-5H3;5,8H,6-7,9H2,1-4H3/b13-6+,14-10+;10-5+,11-8+. The highest BCUT2D eigenvalue weighted by atomic mass is 16.5. The monoisotopic (exact) mass is 433 g/mol. The lowest BCUT2D eigenvalue weighted by atomic mass is 10.1. The van der Waals surface area contributed by atoms with Crippen molar-refractivity contribution in [2.75, 3.05) is 20.2 Å². The molecule has 0 heterocycles. The van der Waals surface area contributed by atoms with Gasteiger partial charge in [-0.3, -0.25) is 9.59 Å². The van der Waals surface area contributed by atoms with Gasteiger partial charge < -0.3 is 9.64 Å². The average molecular weight is 434 g/mol. The zero-order valence-electron chi connectivity index (χ0n) is 21.6. The largest absolute Gasteiger partial charge is 0.461 e. The summed E-state index contributed by atoms with van der Waals surface area (Å²) in [5.41, 5.74) is 5.39. The zero-order chi connectivity index (χ0) is 24.2. The first-order valence-electron chi connectivity index (χ1n) is 11.4.